The monoisotopic (exact) mass is 361 g/mol. The molecule has 0 bridgehead atoms. The Bertz CT molecular complexity index is 671. The van der Waals surface area contributed by atoms with E-state index in [1.54, 1.807) is 0 Å². The normalized spacial score (nSPS) is 11.7. The Balaban J connectivity index is 1.93. The number of furan rings is 1. The lowest BCUT2D eigenvalue weighted by Crippen LogP contribution is -3.08. The molecule has 0 aliphatic carbocycles. The van der Waals surface area contributed by atoms with E-state index in [1.165, 1.54) is 0 Å². The van der Waals surface area contributed by atoms with Crippen LogP contribution in [0.3, 0.4) is 0 Å². The summed E-state index contributed by atoms with van der Waals surface area (Å²) in [5.74, 6) is 4.00. The predicted octanol–water partition coefficient (Wildman–Crippen LogP) is 1.47. The first-order valence-electron chi connectivity index (χ1n) is 6.94. The second-order valence-electron chi connectivity index (χ2n) is 5.06. The fraction of sp³-hybridized carbons (Fsp3) is 0.235. The average Bonchev–Trinajstić information content (AvgIpc) is 2.94. The van der Waals surface area contributed by atoms with E-state index in [0.717, 1.165) is 26.5 Å². The van der Waals surface area contributed by atoms with E-state index < -0.39 is 0 Å². The Morgan fingerprint density at radius 1 is 1.32 bits per heavy atom. The molecule has 2 N–H and O–H groups in total. The van der Waals surface area contributed by atoms with E-state index in [-0.39, 0.29) is 12.5 Å². The SMILES string of the molecule is C#CCNC(=O)C[NH+](C)Cc1ccc(-c2ccc(Br)cc2)o1. The van der Waals surface area contributed by atoms with E-state index in [1.807, 2.05) is 43.4 Å². The van der Waals surface area contributed by atoms with Gasteiger partial charge in [0.15, 0.2) is 12.3 Å². The van der Waals surface area contributed by atoms with E-state index in [9.17, 15) is 4.79 Å². The van der Waals surface area contributed by atoms with Crippen molar-refractivity contribution < 1.29 is 14.1 Å². The molecule has 1 amide bonds. The lowest BCUT2D eigenvalue weighted by Gasteiger charge is -2.11. The molecule has 22 heavy (non-hydrogen) atoms. The van der Waals surface area contributed by atoms with Gasteiger partial charge in [0.25, 0.3) is 5.91 Å². The van der Waals surface area contributed by atoms with Crippen molar-refractivity contribution in [2.75, 3.05) is 20.1 Å². The number of nitrogens with one attached hydrogen (secondary N) is 2. The number of hydrogen-bond acceptors (Lipinski definition) is 2. The van der Waals surface area contributed by atoms with Crippen molar-refractivity contribution in [3.05, 3.63) is 46.6 Å². The lowest BCUT2D eigenvalue weighted by atomic mass is 10.2. The quantitative estimate of drug-likeness (QED) is 0.765. The molecule has 114 valence electrons. The van der Waals surface area contributed by atoms with Gasteiger partial charge in [-0.2, -0.15) is 0 Å². The summed E-state index contributed by atoms with van der Waals surface area (Å²) < 4.78 is 6.88. The molecular weight excluding hydrogens is 344 g/mol. The number of carbonyl (C=O) groups excluding carboxylic acids is 1. The van der Waals surface area contributed by atoms with Crippen molar-refractivity contribution >= 4 is 21.8 Å². The Hall–Kier alpha value is -2.03. The number of rotatable bonds is 6. The Morgan fingerprint density at radius 2 is 2.05 bits per heavy atom. The molecule has 1 atom stereocenters. The van der Waals surface area contributed by atoms with Gasteiger partial charge in [0.1, 0.15) is 12.3 Å². The Kier molecular flexibility index (Phi) is 5.82. The van der Waals surface area contributed by atoms with Crippen LogP contribution in [0.15, 0.2) is 45.3 Å². The predicted molar refractivity (Wildman–Crippen MR) is 89.1 cm³/mol. The molecule has 0 saturated carbocycles. The van der Waals surface area contributed by atoms with Gasteiger partial charge in [-0.05, 0) is 24.3 Å². The molecule has 1 aromatic carbocycles. The second-order valence-corrected chi connectivity index (χ2v) is 5.98. The molecular formula is C17H18BrN2O2+. The summed E-state index contributed by atoms with van der Waals surface area (Å²) in [6, 6.07) is 11.8. The molecule has 0 radical (unpaired) electrons. The molecule has 5 heteroatoms. The molecule has 0 fully saturated rings. The summed E-state index contributed by atoms with van der Waals surface area (Å²) in [5.41, 5.74) is 1.03. The fourth-order valence-corrected chi connectivity index (χ4v) is 2.35. The summed E-state index contributed by atoms with van der Waals surface area (Å²) in [5, 5.41) is 2.65. The van der Waals surface area contributed by atoms with Gasteiger partial charge in [-0.3, -0.25) is 4.79 Å². The number of terminal acetylenes is 1. The highest BCUT2D eigenvalue weighted by Gasteiger charge is 2.13. The van der Waals surface area contributed by atoms with Gasteiger partial charge in [0.2, 0.25) is 0 Å². The molecule has 0 saturated heterocycles. The van der Waals surface area contributed by atoms with Gasteiger partial charge in [-0.1, -0.05) is 34.0 Å². The largest absolute Gasteiger partial charge is 0.455 e. The number of halogens is 1. The molecule has 1 aromatic heterocycles. The van der Waals surface area contributed by atoms with Crippen LogP contribution in [0.2, 0.25) is 0 Å². The third-order valence-corrected chi connectivity index (χ3v) is 3.65. The van der Waals surface area contributed by atoms with Gasteiger partial charge in [0.05, 0.1) is 13.6 Å². The Labute approximate surface area is 138 Å². The first-order valence-corrected chi connectivity index (χ1v) is 7.74. The van der Waals surface area contributed by atoms with Gasteiger partial charge < -0.3 is 14.6 Å². The van der Waals surface area contributed by atoms with Crippen LogP contribution >= 0.6 is 15.9 Å². The Morgan fingerprint density at radius 3 is 2.73 bits per heavy atom. The first kappa shape index (κ1) is 16.3. The molecule has 1 heterocycles. The van der Waals surface area contributed by atoms with E-state index in [0.29, 0.717) is 13.1 Å². The van der Waals surface area contributed by atoms with Crippen LogP contribution in [0, 0.1) is 12.3 Å². The molecule has 0 aliphatic rings. The van der Waals surface area contributed by atoms with Crippen LogP contribution in [0.25, 0.3) is 11.3 Å². The molecule has 2 aromatic rings. The van der Waals surface area contributed by atoms with Gasteiger partial charge in [0, 0.05) is 10.0 Å². The van der Waals surface area contributed by atoms with Gasteiger partial charge >= 0.3 is 0 Å². The van der Waals surface area contributed by atoms with Crippen LogP contribution in [-0.4, -0.2) is 26.0 Å². The summed E-state index contributed by atoms with van der Waals surface area (Å²) in [6.45, 7) is 1.26. The molecule has 1 unspecified atom stereocenters. The van der Waals surface area contributed by atoms with E-state index >= 15 is 0 Å². The van der Waals surface area contributed by atoms with Crippen LogP contribution in [0.1, 0.15) is 5.76 Å². The summed E-state index contributed by atoms with van der Waals surface area (Å²) in [4.78, 5) is 12.6. The van der Waals surface area contributed by atoms with Crippen LogP contribution in [-0.2, 0) is 11.3 Å². The van der Waals surface area contributed by atoms with Crippen LogP contribution in [0.4, 0.5) is 0 Å². The number of benzene rings is 1. The second kappa shape index (κ2) is 7.83. The molecule has 0 aliphatic heterocycles. The number of quaternary nitrogens is 1. The summed E-state index contributed by atoms with van der Waals surface area (Å²) in [7, 11) is 1.94. The minimum atomic E-state index is -0.0601. The van der Waals surface area contributed by atoms with Gasteiger partial charge in [-0.15, -0.1) is 6.42 Å². The van der Waals surface area contributed by atoms with E-state index in [2.05, 4.69) is 27.2 Å². The fourth-order valence-electron chi connectivity index (χ4n) is 2.09. The zero-order valence-electron chi connectivity index (χ0n) is 12.4. The molecule has 0 spiro atoms. The lowest BCUT2D eigenvalue weighted by molar-refractivity contribution is -0.886. The minimum absolute atomic E-state index is 0.0601. The van der Waals surface area contributed by atoms with Crippen molar-refractivity contribution in [3.63, 3.8) is 0 Å². The highest BCUT2D eigenvalue weighted by Crippen LogP contribution is 2.23. The maximum Gasteiger partial charge on any atom is 0.275 e. The van der Waals surface area contributed by atoms with Crippen molar-refractivity contribution in [2.24, 2.45) is 0 Å². The smallest absolute Gasteiger partial charge is 0.275 e. The van der Waals surface area contributed by atoms with Crippen molar-refractivity contribution in [1.82, 2.24) is 5.32 Å². The topological polar surface area (TPSA) is 46.7 Å². The van der Waals surface area contributed by atoms with Gasteiger partial charge in [-0.25, -0.2) is 0 Å². The zero-order chi connectivity index (χ0) is 15.9. The third-order valence-electron chi connectivity index (χ3n) is 3.12. The van der Waals surface area contributed by atoms with Crippen molar-refractivity contribution in [3.8, 4) is 23.7 Å². The van der Waals surface area contributed by atoms with Crippen molar-refractivity contribution in [2.45, 2.75) is 6.54 Å². The molecule has 2 rings (SSSR count). The first-order chi connectivity index (χ1) is 10.6. The summed E-state index contributed by atoms with van der Waals surface area (Å²) >= 11 is 3.41. The minimum Gasteiger partial charge on any atom is -0.455 e. The standard InChI is InChI=1S/C17H17BrN2O2/c1-3-10-19-17(21)12-20(2)11-15-8-9-16(22-15)13-4-6-14(18)7-5-13/h1,4-9H,10-12H2,2H3,(H,19,21)/p+1. The third kappa shape index (κ3) is 4.76. The van der Waals surface area contributed by atoms with Crippen LogP contribution < -0.4 is 10.2 Å². The number of hydrogen-bond donors (Lipinski definition) is 2. The van der Waals surface area contributed by atoms with Crippen molar-refractivity contribution in [1.29, 1.82) is 0 Å². The number of amides is 1. The maximum atomic E-state index is 11.6. The van der Waals surface area contributed by atoms with Crippen LogP contribution in [0.5, 0.6) is 0 Å². The van der Waals surface area contributed by atoms with E-state index in [4.69, 9.17) is 10.8 Å². The number of carbonyl (C=O) groups is 1. The highest BCUT2D eigenvalue weighted by atomic mass is 79.9. The summed E-state index contributed by atoms with van der Waals surface area (Å²) in [6.07, 6.45) is 5.11. The average molecular weight is 362 g/mol. The highest BCUT2D eigenvalue weighted by molar-refractivity contribution is 9.10. The number of likely N-dealkylation sites (N-methyl/N-ethyl adjacent to an activating group) is 1. The molecule has 4 nitrogen and oxygen atoms in total. The zero-order valence-corrected chi connectivity index (χ0v) is 13.9. The maximum absolute atomic E-state index is 11.6.